The minimum absolute atomic E-state index is 0.113. The minimum Gasteiger partial charge on any atom is -0.449 e. The molecule has 2 rings (SSSR count). The molecule has 1 aliphatic rings. The molecule has 4 nitrogen and oxygen atoms in total. The van der Waals surface area contributed by atoms with E-state index in [0.29, 0.717) is 5.56 Å². The monoisotopic (exact) mass is 321 g/mol. The summed E-state index contributed by atoms with van der Waals surface area (Å²) in [6, 6.07) is 4.30. The summed E-state index contributed by atoms with van der Waals surface area (Å²) in [4.78, 5) is 24.2. The zero-order valence-corrected chi connectivity index (χ0v) is 13.7. The molecule has 0 spiro atoms. The quantitative estimate of drug-likeness (QED) is 0.682. The van der Waals surface area contributed by atoms with Gasteiger partial charge in [0.2, 0.25) is 0 Å². The maximum absolute atomic E-state index is 13.5. The summed E-state index contributed by atoms with van der Waals surface area (Å²) in [6.07, 6.45) is 5.68. The molecule has 1 aromatic rings. The van der Waals surface area contributed by atoms with Crippen LogP contribution in [0.3, 0.4) is 0 Å². The molecule has 0 aliphatic heterocycles. The van der Waals surface area contributed by atoms with Crippen molar-refractivity contribution in [2.75, 3.05) is 0 Å². The second kappa shape index (κ2) is 8.09. The third kappa shape index (κ3) is 5.05. The Morgan fingerprint density at radius 2 is 1.87 bits per heavy atom. The summed E-state index contributed by atoms with van der Waals surface area (Å²) in [6.45, 7) is 3.15. The van der Waals surface area contributed by atoms with Crippen LogP contribution in [-0.4, -0.2) is 24.0 Å². The van der Waals surface area contributed by atoms with Gasteiger partial charge < -0.3 is 10.1 Å². The molecule has 0 aromatic heterocycles. The number of rotatable bonds is 4. The maximum Gasteiger partial charge on any atom is 0.339 e. The van der Waals surface area contributed by atoms with Crippen molar-refractivity contribution in [3.05, 3.63) is 35.1 Å². The zero-order chi connectivity index (χ0) is 16.8. The molecule has 0 radical (unpaired) electrons. The van der Waals surface area contributed by atoms with Gasteiger partial charge in [-0.25, -0.2) is 9.18 Å². The largest absolute Gasteiger partial charge is 0.449 e. The van der Waals surface area contributed by atoms with Crippen LogP contribution >= 0.6 is 0 Å². The normalized spacial score (nSPS) is 17.2. The number of ether oxygens (including phenoxy) is 1. The Morgan fingerprint density at radius 3 is 2.48 bits per heavy atom. The highest BCUT2D eigenvalue weighted by Crippen LogP contribution is 2.17. The summed E-state index contributed by atoms with van der Waals surface area (Å²) in [5, 5.41) is 2.95. The molecule has 126 valence electrons. The van der Waals surface area contributed by atoms with Gasteiger partial charge in [-0.1, -0.05) is 31.7 Å². The number of esters is 1. The summed E-state index contributed by atoms with van der Waals surface area (Å²) in [7, 11) is 0. The molecule has 1 fully saturated rings. The number of aryl methyl sites for hydroxylation is 1. The van der Waals surface area contributed by atoms with E-state index in [-0.39, 0.29) is 17.5 Å². The van der Waals surface area contributed by atoms with Crippen molar-refractivity contribution in [3.8, 4) is 0 Å². The Morgan fingerprint density at radius 1 is 1.22 bits per heavy atom. The Hall–Kier alpha value is -1.91. The highest BCUT2D eigenvalue weighted by molar-refractivity contribution is 5.92. The van der Waals surface area contributed by atoms with Crippen molar-refractivity contribution in [1.82, 2.24) is 5.32 Å². The fraction of sp³-hybridized carbons (Fsp3) is 0.556. The molecule has 1 N–H and O–H groups in total. The number of hydrogen-bond acceptors (Lipinski definition) is 3. The van der Waals surface area contributed by atoms with E-state index in [2.05, 4.69) is 5.32 Å². The first-order chi connectivity index (χ1) is 11.0. The molecule has 1 saturated carbocycles. The van der Waals surface area contributed by atoms with E-state index >= 15 is 0 Å². The average Bonchev–Trinajstić information content (AvgIpc) is 2.78. The van der Waals surface area contributed by atoms with Gasteiger partial charge in [0.15, 0.2) is 6.10 Å². The summed E-state index contributed by atoms with van der Waals surface area (Å²) < 4.78 is 18.6. The Balaban J connectivity index is 1.89. The lowest BCUT2D eigenvalue weighted by Gasteiger charge is -2.19. The van der Waals surface area contributed by atoms with E-state index < -0.39 is 17.9 Å². The summed E-state index contributed by atoms with van der Waals surface area (Å²) >= 11 is 0. The second-order valence-corrected chi connectivity index (χ2v) is 6.21. The number of amides is 1. The number of carbonyl (C=O) groups excluding carboxylic acids is 2. The summed E-state index contributed by atoms with van der Waals surface area (Å²) in [5.41, 5.74) is 0.572. The first kappa shape index (κ1) is 17.4. The molecule has 0 saturated heterocycles. The number of carbonyl (C=O) groups is 2. The number of benzene rings is 1. The highest BCUT2D eigenvalue weighted by Gasteiger charge is 2.22. The first-order valence-electron chi connectivity index (χ1n) is 8.25. The lowest BCUT2D eigenvalue weighted by Crippen LogP contribution is -2.41. The molecule has 5 heteroatoms. The maximum atomic E-state index is 13.5. The van der Waals surface area contributed by atoms with E-state index in [1.165, 1.54) is 31.9 Å². The van der Waals surface area contributed by atoms with Crippen LogP contribution in [0.25, 0.3) is 0 Å². The van der Waals surface area contributed by atoms with Crippen molar-refractivity contribution in [1.29, 1.82) is 0 Å². The molecule has 1 amide bonds. The van der Waals surface area contributed by atoms with E-state index in [1.807, 2.05) is 0 Å². The fourth-order valence-electron chi connectivity index (χ4n) is 2.74. The van der Waals surface area contributed by atoms with Crippen molar-refractivity contribution in [2.24, 2.45) is 0 Å². The molecular formula is C18H24FNO3. The first-order valence-corrected chi connectivity index (χ1v) is 8.25. The molecule has 0 heterocycles. The lowest BCUT2D eigenvalue weighted by molar-refractivity contribution is -0.129. The Bertz CT molecular complexity index is 565. The van der Waals surface area contributed by atoms with Crippen LogP contribution in [0.5, 0.6) is 0 Å². The van der Waals surface area contributed by atoms with Crippen LogP contribution in [-0.2, 0) is 9.53 Å². The van der Waals surface area contributed by atoms with Gasteiger partial charge in [-0.2, -0.15) is 0 Å². The van der Waals surface area contributed by atoms with Crippen LogP contribution < -0.4 is 5.32 Å². The predicted octanol–water partition coefficient (Wildman–Crippen LogP) is 3.52. The topological polar surface area (TPSA) is 55.4 Å². The number of halogens is 1. The van der Waals surface area contributed by atoms with E-state index in [1.54, 1.807) is 6.92 Å². The molecule has 0 bridgehead atoms. The average molecular weight is 321 g/mol. The fourth-order valence-corrected chi connectivity index (χ4v) is 2.74. The van der Waals surface area contributed by atoms with Crippen molar-refractivity contribution < 1.29 is 18.7 Å². The van der Waals surface area contributed by atoms with Crippen LogP contribution in [0.1, 0.15) is 61.4 Å². The Kier molecular flexibility index (Phi) is 6.13. The van der Waals surface area contributed by atoms with Gasteiger partial charge in [-0.3, -0.25) is 4.79 Å². The van der Waals surface area contributed by atoms with Gasteiger partial charge in [-0.15, -0.1) is 0 Å². The standard InChI is InChI=1S/C18H24FNO3/c1-12-9-10-14(11-16(12)19)18(22)23-13(2)17(21)20-15-7-5-3-4-6-8-15/h9-11,13,15H,3-8H2,1-2H3,(H,20,21)/t13-/m0/s1. The zero-order valence-electron chi connectivity index (χ0n) is 13.7. The molecule has 0 unspecified atom stereocenters. The van der Waals surface area contributed by atoms with E-state index in [4.69, 9.17) is 4.74 Å². The van der Waals surface area contributed by atoms with Gasteiger partial charge in [-0.05, 0) is 44.4 Å². The SMILES string of the molecule is Cc1ccc(C(=O)O[C@@H](C)C(=O)NC2CCCCCC2)cc1F. The highest BCUT2D eigenvalue weighted by atomic mass is 19.1. The van der Waals surface area contributed by atoms with E-state index in [9.17, 15) is 14.0 Å². The second-order valence-electron chi connectivity index (χ2n) is 6.21. The molecule has 1 aliphatic carbocycles. The van der Waals surface area contributed by atoms with Gasteiger partial charge >= 0.3 is 5.97 Å². The Labute approximate surface area is 136 Å². The van der Waals surface area contributed by atoms with Crippen LogP contribution in [0.15, 0.2) is 18.2 Å². The number of nitrogens with one attached hydrogen (secondary N) is 1. The summed E-state index contributed by atoms with van der Waals surface area (Å²) in [5.74, 6) is -1.44. The van der Waals surface area contributed by atoms with Crippen molar-refractivity contribution in [2.45, 2.75) is 64.5 Å². The molecular weight excluding hydrogens is 297 g/mol. The minimum atomic E-state index is -0.893. The van der Waals surface area contributed by atoms with Crippen molar-refractivity contribution >= 4 is 11.9 Å². The third-order valence-corrected chi connectivity index (χ3v) is 4.26. The van der Waals surface area contributed by atoms with Crippen LogP contribution in [0, 0.1) is 12.7 Å². The smallest absolute Gasteiger partial charge is 0.339 e. The van der Waals surface area contributed by atoms with E-state index in [0.717, 1.165) is 31.7 Å². The molecule has 23 heavy (non-hydrogen) atoms. The van der Waals surface area contributed by atoms with Crippen LogP contribution in [0.4, 0.5) is 4.39 Å². The lowest BCUT2D eigenvalue weighted by atomic mass is 10.1. The van der Waals surface area contributed by atoms with Gasteiger partial charge in [0, 0.05) is 6.04 Å². The van der Waals surface area contributed by atoms with Gasteiger partial charge in [0.1, 0.15) is 5.82 Å². The number of hydrogen-bond donors (Lipinski definition) is 1. The van der Waals surface area contributed by atoms with Gasteiger partial charge in [0.05, 0.1) is 5.56 Å². The third-order valence-electron chi connectivity index (χ3n) is 4.26. The van der Waals surface area contributed by atoms with Gasteiger partial charge in [0.25, 0.3) is 5.91 Å². The molecule has 1 aromatic carbocycles. The molecule has 1 atom stereocenters. The predicted molar refractivity (Wildman–Crippen MR) is 85.6 cm³/mol. The van der Waals surface area contributed by atoms with Crippen LogP contribution in [0.2, 0.25) is 0 Å². The van der Waals surface area contributed by atoms with Crippen molar-refractivity contribution in [3.63, 3.8) is 0 Å².